The molecule has 2 amide bonds. The van der Waals surface area contributed by atoms with E-state index in [1.807, 2.05) is 6.92 Å². The van der Waals surface area contributed by atoms with E-state index >= 15 is 0 Å². The molecule has 4 rings (SSSR count). The van der Waals surface area contributed by atoms with Gasteiger partial charge in [0.15, 0.2) is 11.4 Å². The standard InChI is InChI=1S/C22H23F3N4O4/c1-3-26-15-7-11-9-28(4-2)22(33)18-20(31)19(30)16(17(15)29(11)18)21(32)27-8-12-13(24)5-10(23)6-14(12)25/h5-6,11,15,26,31H,3-4,7-9H2,1-2H3,(H,27,32)/t11-,15+/m1/s1. The molecule has 33 heavy (non-hydrogen) atoms. The molecule has 0 radical (unpaired) electrons. The molecule has 3 N–H and O–H groups in total. The minimum atomic E-state index is -1.18. The second kappa shape index (κ2) is 8.54. The molecule has 0 saturated carbocycles. The number of hydrogen-bond donors (Lipinski definition) is 3. The second-order valence-electron chi connectivity index (χ2n) is 8.03. The Morgan fingerprint density at radius 2 is 1.85 bits per heavy atom. The summed E-state index contributed by atoms with van der Waals surface area (Å²) >= 11 is 0. The quantitative estimate of drug-likeness (QED) is 0.607. The van der Waals surface area contributed by atoms with Gasteiger partial charge in [0.1, 0.15) is 23.0 Å². The predicted octanol–water partition coefficient (Wildman–Crippen LogP) is 1.97. The van der Waals surface area contributed by atoms with Crippen molar-refractivity contribution in [3.8, 4) is 5.75 Å². The highest BCUT2D eigenvalue weighted by atomic mass is 19.1. The fraction of sp³-hybridized carbons (Fsp3) is 0.409. The lowest BCUT2D eigenvalue weighted by molar-refractivity contribution is 0.0675. The van der Waals surface area contributed by atoms with Crippen molar-refractivity contribution in [1.29, 1.82) is 0 Å². The van der Waals surface area contributed by atoms with Gasteiger partial charge in [-0.1, -0.05) is 6.92 Å². The van der Waals surface area contributed by atoms with Crippen molar-refractivity contribution in [2.75, 3.05) is 19.6 Å². The van der Waals surface area contributed by atoms with Crippen molar-refractivity contribution < 1.29 is 27.9 Å². The molecule has 11 heteroatoms. The maximum absolute atomic E-state index is 14.0. The van der Waals surface area contributed by atoms with Crippen LogP contribution >= 0.6 is 0 Å². The summed E-state index contributed by atoms with van der Waals surface area (Å²) in [4.78, 5) is 40.5. The summed E-state index contributed by atoms with van der Waals surface area (Å²) in [6.45, 7) is 4.25. The van der Waals surface area contributed by atoms with Crippen LogP contribution in [0.25, 0.3) is 0 Å². The number of aromatic hydroxyl groups is 1. The van der Waals surface area contributed by atoms with E-state index in [1.165, 1.54) is 9.47 Å². The molecule has 2 aliphatic heterocycles. The van der Waals surface area contributed by atoms with Crippen LogP contribution in [-0.2, 0) is 6.54 Å². The maximum atomic E-state index is 14.0. The highest BCUT2D eigenvalue weighted by Gasteiger charge is 2.44. The number of halogens is 3. The van der Waals surface area contributed by atoms with Gasteiger partial charge in [-0.2, -0.15) is 0 Å². The number of benzene rings is 1. The Labute approximate surface area is 187 Å². The fourth-order valence-electron chi connectivity index (χ4n) is 4.67. The van der Waals surface area contributed by atoms with Crippen molar-refractivity contribution >= 4 is 11.8 Å². The monoisotopic (exact) mass is 464 g/mol. The molecule has 0 saturated heterocycles. The first-order valence-corrected chi connectivity index (χ1v) is 10.6. The van der Waals surface area contributed by atoms with E-state index in [2.05, 4.69) is 10.6 Å². The van der Waals surface area contributed by atoms with Gasteiger partial charge in [-0.15, -0.1) is 0 Å². The van der Waals surface area contributed by atoms with E-state index in [1.54, 1.807) is 6.92 Å². The summed E-state index contributed by atoms with van der Waals surface area (Å²) in [5.74, 6) is -5.78. The summed E-state index contributed by atoms with van der Waals surface area (Å²) in [7, 11) is 0. The van der Waals surface area contributed by atoms with Crippen LogP contribution in [0.4, 0.5) is 13.2 Å². The fourth-order valence-corrected chi connectivity index (χ4v) is 4.67. The highest BCUT2D eigenvalue weighted by Crippen LogP contribution is 2.42. The lowest BCUT2D eigenvalue weighted by Crippen LogP contribution is -2.44. The molecule has 2 atom stereocenters. The van der Waals surface area contributed by atoms with E-state index in [9.17, 15) is 32.7 Å². The number of nitrogens with one attached hydrogen (secondary N) is 2. The Hall–Kier alpha value is -3.34. The molecule has 0 aliphatic carbocycles. The van der Waals surface area contributed by atoms with Crippen LogP contribution in [0.1, 0.15) is 64.5 Å². The number of likely N-dealkylation sites (N-methyl/N-ethyl adjacent to an activating group) is 1. The molecule has 1 aromatic carbocycles. The Morgan fingerprint density at radius 3 is 2.45 bits per heavy atom. The third-order valence-corrected chi connectivity index (χ3v) is 6.14. The minimum absolute atomic E-state index is 0.166. The zero-order valence-corrected chi connectivity index (χ0v) is 18.0. The Balaban J connectivity index is 1.79. The normalized spacial score (nSPS) is 19.1. The average molecular weight is 464 g/mol. The largest absolute Gasteiger partial charge is 0.503 e. The first-order valence-electron chi connectivity index (χ1n) is 10.6. The van der Waals surface area contributed by atoms with Gasteiger partial charge in [-0.25, -0.2) is 13.2 Å². The minimum Gasteiger partial charge on any atom is -0.503 e. The van der Waals surface area contributed by atoms with Crippen LogP contribution in [0.2, 0.25) is 0 Å². The molecule has 0 bridgehead atoms. The van der Waals surface area contributed by atoms with Gasteiger partial charge in [0.2, 0.25) is 5.43 Å². The van der Waals surface area contributed by atoms with E-state index in [0.29, 0.717) is 38.2 Å². The van der Waals surface area contributed by atoms with Crippen LogP contribution in [0.3, 0.4) is 0 Å². The van der Waals surface area contributed by atoms with Crippen LogP contribution in [0.5, 0.6) is 5.75 Å². The summed E-state index contributed by atoms with van der Waals surface area (Å²) in [5, 5.41) is 16.1. The molecule has 0 spiro atoms. The third kappa shape index (κ3) is 3.65. The summed E-state index contributed by atoms with van der Waals surface area (Å²) < 4.78 is 42.6. The van der Waals surface area contributed by atoms with Gasteiger partial charge in [0.25, 0.3) is 11.8 Å². The predicted molar refractivity (Wildman–Crippen MR) is 112 cm³/mol. The van der Waals surface area contributed by atoms with Crippen molar-refractivity contribution in [1.82, 2.24) is 20.1 Å². The van der Waals surface area contributed by atoms with E-state index < -0.39 is 64.2 Å². The van der Waals surface area contributed by atoms with E-state index in [0.717, 1.165) is 0 Å². The molecule has 2 aromatic rings. The van der Waals surface area contributed by atoms with Crippen LogP contribution in [-0.4, -0.2) is 46.0 Å². The number of carbonyl (C=O) groups excluding carboxylic acids is 2. The molecule has 176 valence electrons. The Morgan fingerprint density at radius 1 is 1.18 bits per heavy atom. The molecule has 0 fully saturated rings. The van der Waals surface area contributed by atoms with Gasteiger partial charge < -0.3 is 25.2 Å². The number of aromatic nitrogens is 1. The zero-order chi connectivity index (χ0) is 24.0. The van der Waals surface area contributed by atoms with Gasteiger partial charge in [0.05, 0.1) is 17.8 Å². The van der Waals surface area contributed by atoms with Crippen molar-refractivity contribution in [3.63, 3.8) is 0 Å². The zero-order valence-electron chi connectivity index (χ0n) is 18.0. The number of pyridine rings is 1. The van der Waals surface area contributed by atoms with Crippen molar-refractivity contribution in [2.24, 2.45) is 0 Å². The van der Waals surface area contributed by atoms with Crippen LogP contribution in [0, 0.1) is 17.5 Å². The molecule has 1 aromatic heterocycles. The Bertz CT molecular complexity index is 1190. The lowest BCUT2D eigenvalue weighted by Gasteiger charge is -2.33. The lowest BCUT2D eigenvalue weighted by atomic mass is 10.0. The van der Waals surface area contributed by atoms with E-state index in [4.69, 9.17) is 0 Å². The topological polar surface area (TPSA) is 104 Å². The second-order valence-corrected chi connectivity index (χ2v) is 8.03. The molecule has 2 aliphatic rings. The number of rotatable bonds is 6. The number of hydrogen-bond acceptors (Lipinski definition) is 5. The maximum Gasteiger partial charge on any atom is 0.274 e. The molecule has 8 nitrogen and oxygen atoms in total. The van der Waals surface area contributed by atoms with E-state index in [-0.39, 0.29) is 17.4 Å². The number of amides is 2. The van der Waals surface area contributed by atoms with Crippen LogP contribution in [0.15, 0.2) is 16.9 Å². The first-order chi connectivity index (χ1) is 15.7. The van der Waals surface area contributed by atoms with Crippen LogP contribution < -0.4 is 16.1 Å². The molecular formula is C22H23F3N4O4. The Kier molecular flexibility index (Phi) is 5.91. The van der Waals surface area contributed by atoms with Crippen molar-refractivity contribution in [3.05, 3.63) is 62.3 Å². The molecule has 3 heterocycles. The summed E-state index contributed by atoms with van der Waals surface area (Å²) in [6.07, 6.45) is 0.481. The average Bonchev–Trinajstić information content (AvgIpc) is 3.09. The van der Waals surface area contributed by atoms with Gasteiger partial charge in [-0.05, 0) is 19.9 Å². The van der Waals surface area contributed by atoms with Crippen molar-refractivity contribution in [2.45, 2.75) is 38.9 Å². The smallest absolute Gasteiger partial charge is 0.274 e. The number of nitrogens with zero attached hydrogens (tertiary/aromatic N) is 2. The van der Waals surface area contributed by atoms with Gasteiger partial charge >= 0.3 is 0 Å². The molecule has 0 unspecified atom stereocenters. The summed E-state index contributed by atoms with van der Waals surface area (Å²) in [5.41, 5.74) is -1.92. The molecular weight excluding hydrogens is 441 g/mol. The van der Waals surface area contributed by atoms with Gasteiger partial charge in [-0.3, -0.25) is 14.4 Å². The third-order valence-electron chi connectivity index (χ3n) is 6.14. The highest BCUT2D eigenvalue weighted by molar-refractivity contribution is 6.00. The number of carbonyl (C=O) groups is 2. The first kappa shape index (κ1) is 22.8. The SMILES string of the molecule is CCN[C@H]1C[C@@H]2CN(CC)C(=O)c3c(O)c(=O)c(C(=O)NCc4c(F)cc(F)cc4F)c1n32. The van der Waals surface area contributed by atoms with Gasteiger partial charge in [0, 0.05) is 37.3 Å². The summed E-state index contributed by atoms with van der Waals surface area (Å²) in [6, 6.07) is 0.264.